The van der Waals surface area contributed by atoms with E-state index in [1.807, 2.05) is 25.7 Å². The first kappa shape index (κ1) is 22.3. The summed E-state index contributed by atoms with van der Waals surface area (Å²) < 4.78 is 5.43. The van der Waals surface area contributed by atoms with E-state index in [2.05, 4.69) is 20.5 Å². The van der Waals surface area contributed by atoms with Crippen molar-refractivity contribution in [1.29, 1.82) is 0 Å². The summed E-state index contributed by atoms with van der Waals surface area (Å²) in [6.45, 7) is 7.73. The van der Waals surface area contributed by atoms with E-state index < -0.39 is 6.04 Å². The molecule has 32 heavy (non-hydrogen) atoms. The molecule has 2 heterocycles. The lowest BCUT2D eigenvalue weighted by Gasteiger charge is -2.34. The first-order chi connectivity index (χ1) is 15.5. The number of hydrogen-bond acceptors (Lipinski definition) is 5. The fourth-order valence-electron chi connectivity index (χ4n) is 4.17. The van der Waals surface area contributed by atoms with E-state index in [9.17, 15) is 9.59 Å². The number of piperidine rings is 1. The summed E-state index contributed by atoms with van der Waals surface area (Å²) in [7, 11) is 0. The Balaban J connectivity index is 1.34. The van der Waals surface area contributed by atoms with Crippen molar-refractivity contribution in [1.82, 2.24) is 25.4 Å². The Morgan fingerprint density at radius 2 is 1.81 bits per heavy atom. The minimum atomic E-state index is -0.558. The second kappa shape index (κ2) is 9.71. The van der Waals surface area contributed by atoms with Crippen molar-refractivity contribution in [2.45, 2.75) is 64.3 Å². The molecular formula is C24H33N5O3. The number of hydrogen-bond donors (Lipinski definition) is 2. The van der Waals surface area contributed by atoms with E-state index >= 15 is 0 Å². The molecule has 1 aliphatic carbocycles. The number of benzene rings is 1. The maximum absolute atomic E-state index is 13.2. The largest absolute Gasteiger partial charge is 0.494 e. The second-order valence-electron chi connectivity index (χ2n) is 9.11. The molecule has 1 saturated heterocycles. The van der Waals surface area contributed by atoms with Gasteiger partial charge >= 0.3 is 0 Å². The van der Waals surface area contributed by atoms with Crippen LogP contribution in [-0.2, 0) is 4.79 Å². The third-order valence-electron chi connectivity index (χ3n) is 6.30. The van der Waals surface area contributed by atoms with Gasteiger partial charge in [0.2, 0.25) is 5.91 Å². The maximum atomic E-state index is 13.2. The summed E-state index contributed by atoms with van der Waals surface area (Å²) in [4.78, 5) is 32.6. The van der Waals surface area contributed by atoms with Crippen LogP contribution in [0.4, 0.5) is 0 Å². The van der Waals surface area contributed by atoms with Gasteiger partial charge in [-0.25, -0.2) is 4.98 Å². The average molecular weight is 440 g/mol. The quantitative estimate of drug-likeness (QED) is 0.658. The van der Waals surface area contributed by atoms with Crippen molar-refractivity contribution >= 4 is 11.8 Å². The van der Waals surface area contributed by atoms with Crippen LogP contribution in [0.5, 0.6) is 5.75 Å². The molecule has 8 heteroatoms. The topological polar surface area (TPSA) is 100 Å². The Morgan fingerprint density at radius 1 is 1.12 bits per heavy atom. The van der Waals surface area contributed by atoms with Crippen molar-refractivity contribution in [2.75, 3.05) is 19.7 Å². The molecule has 2 fully saturated rings. The molecule has 2 aromatic rings. The Hall–Kier alpha value is -2.90. The molecule has 1 aromatic heterocycles. The van der Waals surface area contributed by atoms with Gasteiger partial charge in [-0.15, -0.1) is 0 Å². The van der Waals surface area contributed by atoms with Gasteiger partial charge in [-0.2, -0.15) is 5.10 Å². The van der Waals surface area contributed by atoms with Gasteiger partial charge in [0.1, 0.15) is 17.6 Å². The molecule has 0 radical (unpaired) electrons. The molecule has 1 aromatic carbocycles. The third-order valence-corrected chi connectivity index (χ3v) is 6.30. The van der Waals surface area contributed by atoms with Gasteiger partial charge in [0, 0.05) is 30.5 Å². The molecule has 4 rings (SSSR count). The van der Waals surface area contributed by atoms with E-state index in [-0.39, 0.29) is 17.7 Å². The fourth-order valence-corrected chi connectivity index (χ4v) is 4.17. The van der Waals surface area contributed by atoms with Crippen LogP contribution in [0.1, 0.15) is 80.3 Å². The average Bonchev–Trinajstić information content (AvgIpc) is 3.54. The van der Waals surface area contributed by atoms with Crippen molar-refractivity contribution in [2.24, 2.45) is 5.92 Å². The zero-order valence-corrected chi connectivity index (χ0v) is 19.1. The lowest BCUT2D eigenvalue weighted by molar-refractivity contribution is -0.135. The van der Waals surface area contributed by atoms with Crippen LogP contribution in [0.25, 0.3) is 0 Å². The highest BCUT2D eigenvalue weighted by atomic mass is 16.5. The highest BCUT2D eigenvalue weighted by molar-refractivity contribution is 5.97. The number of aromatic amines is 1. The molecule has 2 aliphatic rings. The van der Waals surface area contributed by atoms with Crippen LogP contribution in [0.3, 0.4) is 0 Å². The molecule has 2 amide bonds. The summed E-state index contributed by atoms with van der Waals surface area (Å²) in [5.41, 5.74) is 0.516. The van der Waals surface area contributed by atoms with Gasteiger partial charge in [-0.05, 0) is 62.8 Å². The van der Waals surface area contributed by atoms with Crippen molar-refractivity contribution in [3.63, 3.8) is 0 Å². The van der Waals surface area contributed by atoms with Crippen molar-refractivity contribution in [3.05, 3.63) is 41.5 Å². The van der Waals surface area contributed by atoms with Crippen LogP contribution in [0.2, 0.25) is 0 Å². The van der Waals surface area contributed by atoms with Crippen LogP contribution in [0.15, 0.2) is 24.3 Å². The molecule has 1 saturated carbocycles. The number of rotatable bonds is 8. The Kier molecular flexibility index (Phi) is 6.77. The monoisotopic (exact) mass is 439 g/mol. The predicted octanol–water partition coefficient (Wildman–Crippen LogP) is 3.24. The Morgan fingerprint density at radius 3 is 2.41 bits per heavy atom. The lowest BCUT2D eigenvalue weighted by atomic mass is 9.94. The summed E-state index contributed by atoms with van der Waals surface area (Å²) in [5.74, 6) is 3.17. The normalized spacial score (nSPS) is 17.9. The molecule has 1 unspecified atom stereocenters. The third kappa shape index (κ3) is 5.11. The first-order valence-corrected chi connectivity index (χ1v) is 11.7. The number of H-pyrrole nitrogens is 1. The molecule has 8 nitrogen and oxygen atoms in total. The molecule has 2 N–H and O–H groups in total. The Bertz CT molecular complexity index is 927. The standard InChI is InChI=1S/C24H33N5O3/c1-4-32-19-9-7-18(8-10-19)23(30)25-20(15(2)3)24(31)29-13-11-17(12-14-29)22-26-21(27-28-22)16-5-6-16/h7-10,15-17,20H,4-6,11-14H2,1-3H3,(H,25,30)(H,26,27,28). The minimum absolute atomic E-state index is 0.0118. The number of amides is 2. The summed E-state index contributed by atoms with van der Waals surface area (Å²) in [5, 5.41) is 10.4. The predicted molar refractivity (Wildman–Crippen MR) is 121 cm³/mol. The SMILES string of the molecule is CCOc1ccc(C(=O)NC(C(=O)N2CCC(c3nc(C4CC4)n[nH]3)CC2)C(C)C)cc1. The molecule has 172 valence electrons. The lowest BCUT2D eigenvalue weighted by Crippen LogP contribution is -2.52. The van der Waals surface area contributed by atoms with E-state index in [1.54, 1.807) is 24.3 Å². The number of ether oxygens (including phenoxy) is 1. The van der Waals surface area contributed by atoms with Crippen molar-refractivity contribution < 1.29 is 14.3 Å². The highest BCUT2D eigenvalue weighted by Crippen LogP contribution is 2.38. The summed E-state index contributed by atoms with van der Waals surface area (Å²) in [6.07, 6.45) is 4.07. The Labute approximate surface area is 189 Å². The van der Waals surface area contributed by atoms with Crippen LogP contribution >= 0.6 is 0 Å². The van der Waals surface area contributed by atoms with E-state index in [0.29, 0.717) is 37.1 Å². The minimum Gasteiger partial charge on any atom is -0.494 e. The number of likely N-dealkylation sites (tertiary alicyclic amines) is 1. The number of carbonyl (C=O) groups is 2. The van der Waals surface area contributed by atoms with Crippen molar-refractivity contribution in [3.8, 4) is 5.75 Å². The molecule has 0 spiro atoms. The van der Waals surface area contributed by atoms with Crippen LogP contribution < -0.4 is 10.1 Å². The maximum Gasteiger partial charge on any atom is 0.251 e. The molecule has 1 aliphatic heterocycles. The zero-order chi connectivity index (χ0) is 22.7. The van der Waals surface area contributed by atoms with E-state index in [4.69, 9.17) is 4.74 Å². The zero-order valence-electron chi connectivity index (χ0n) is 19.1. The second-order valence-corrected chi connectivity index (χ2v) is 9.11. The summed E-state index contributed by atoms with van der Waals surface area (Å²) >= 11 is 0. The summed E-state index contributed by atoms with van der Waals surface area (Å²) in [6, 6.07) is 6.43. The van der Waals surface area contributed by atoms with Crippen LogP contribution in [-0.4, -0.2) is 57.6 Å². The van der Waals surface area contributed by atoms with Gasteiger partial charge < -0.3 is 15.0 Å². The number of aromatic nitrogens is 3. The highest BCUT2D eigenvalue weighted by Gasteiger charge is 2.33. The molecular weight excluding hydrogens is 406 g/mol. The fraction of sp³-hybridized carbons (Fsp3) is 0.583. The van der Waals surface area contributed by atoms with E-state index in [1.165, 1.54) is 12.8 Å². The molecule has 0 bridgehead atoms. The number of nitrogens with zero attached hydrogens (tertiary/aromatic N) is 3. The van der Waals surface area contributed by atoms with Crippen LogP contribution in [0, 0.1) is 5.92 Å². The van der Waals surface area contributed by atoms with Gasteiger partial charge in [-0.3, -0.25) is 14.7 Å². The number of nitrogens with one attached hydrogen (secondary N) is 2. The first-order valence-electron chi connectivity index (χ1n) is 11.7. The smallest absolute Gasteiger partial charge is 0.251 e. The van der Waals surface area contributed by atoms with Gasteiger partial charge in [-0.1, -0.05) is 13.8 Å². The number of carbonyl (C=O) groups excluding carboxylic acids is 2. The molecule has 1 atom stereocenters. The van der Waals surface area contributed by atoms with E-state index in [0.717, 1.165) is 30.2 Å². The van der Waals surface area contributed by atoms with Gasteiger partial charge in [0.15, 0.2) is 5.82 Å². The van der Waals surface area contributed by atoms with Gasteiger partial charge in [0.05, 0.1) is 6.61 Å². The van der Waals surface area contributed by atoms with Gasteiger partial charge in [0.25, 0.3) is 5.91 Å².